The second kappa shape index (κ2) is 9.36. The van der Waals surface area contributed by atoms with Gasteiger partial charge in [-0.25, -0.2) is 9.59 Å². The van der Waals surface area contributed by atoms with Crippen LogP contribution >= 0.6 is 0 Å². The molecule has 20 heavy (non-hydrogen) atoms. The lowest BCUT2D eigenvalue weighted by Crippen LogP contribution is -2.43. The minimum Gasteiger partial charge on any atom is -0.463 e. The van der Waals surface area contributed by atoms with E-state index < -0.39 is 5.60 Å². The molecule has 0 unspecified atom stereocenters. The first-order valence-corrected chi connectivity index (χ1v) is 6.65. The fraction of sp³-hybridized carbons (Fsp3) is 0.714. The summed E-state index contributed by atoms with van der Waals surface area (Å²) in [4.78, 5) is 23.2. The molecule has 0 N–H and O–H groups in total. The van der Waals surface area contributed by atoms with Crippen molar-refractivity contribution in [1.82, 2.24) is 4.90 Å². The number of nitrogens with zero attached hydrogens (tertiary/aromatic N) is 1. The Morgan fingerprint density at radius 1 is 1.30 bits per heavy atom. The van der Waals surface area contributed by atoms with Crippen molar-refractivity contribution in [3.05, 3.63) is 12.7 Å². The summed E-state index contributed by atoms with van der Waals surface area (Å²) in [5.74, 6) is -0.359. The molecule has 0 aromatic heterocycles. The van der Waals surface area contributed by atoms with Gasteiger partial charge in [-0.1, -0.05) is 6.58 Å². The summed E-state index contributed by atoms with van der Waals surface area (Å²) in [6.07, 6.45) is 0.902. The van der Waals surface area contributed by atoms with E-state index in [1.54, 1.807) is 11.8 Å². The highest BCUT2D eigenvalue weighted by Crippen LogP contribution is 2.10. The van der Waals surface area contributed by atoms with Gasteiger partial charge in [0.15, 0.2) is 0 Å². The Labute approximate surface area is 120 Å². The summed E-state index contributed by atoms with van der Waals surface area (Å²) in [7, 11) is 0. The van der Waals surface area contributed by atoms with Crippen molar-refractivity contribution in [1.29, 1.82) is 0 Å². The predicted octanol–water partition coefficient (Wildman–Crippen LogP) is 1.99. The maximum Gasteiger partial charge on any atom is 0.410 e. The molecule has 0 aromatic carbocycles. The zero-order valence-electron chi connectivity index (χ0n) is 12.8. The van der Waals surface area contributed by atoms with Crippen LogP contribution in [0.3, 0.4) is 0 Å². The molecular weight excluding hydrogens is 262 g/mol. The van der Waals surface area contributed by atoms with Crippen LogP contribution in [0.15, 0.2) is 12.7 Å². The molecule has 1 amide bonds. The first-order valence-electron chi connectivity index (χ1n) is 6.65. The molecule has 6 nitrogen and oxygen atoms in total. The van der Waals surface area contributed by atoms with E-state index in [1.807, 2.05) is 20.8 Å². The lowest BCUT2D eigenvalue weighted by molar-refractivity contribution is -0.137. The number of morpholine rings is 1. The number of esters is 1. The number of ether oxygens (including phenoxy) is 3. The molecule has 116 valence electrons. The van der Waals surface area contributed by atoms with Crippen LogP contribution in [0.2, 0.25) is 0 Å². The number of hydrogen-bond acceptors (Lipinski definition) is 5. The van der Waals surface area contributed by atoms with Crippen LogP contribution in [0.25, 0.3) is 0 Å². The maximum absolute atomic E-state index is 11.5. The number of carbonyl (C=O) groups is 2. The monoisotopic (exact) mass is 287 g/mol. The molecule has 0 saturated carbocycles. The fourth-order valence-corrected chi connectivity index (χ4v) is 1.27. The number of rotatable bonds is 2. The summed E-state index contributed by atoms with van der Waals surface area (Å²) >= 11 is 0. The Morgan fingerprint density at radius 3 is 2.20 bits per heavy atom. The quantitative estimate of drug-likeness (QED) is 0.574. The van der Waals surface area contributed by atoms with Crippen molar-refractivity contribution in [2.45, 2.75) is 33.3 Å². The van der Waals surface area contributed by atoms with Crippen LogP contribution in [0, 0.1) is 0 Å². The Balaban J connectivity index is 0.000000441. The summed E-state index contributed by atoms with van der Waals surface area (Å²) in [5, 5.41) is 0. The number of carbonyl (C=O) groups excluding carboxylic acids is 2. The highest BCUT2D eigenvalue weighted by Gasteiger charge is 2.23. The topological polar surface area (TPSA) is 65.1 Å². The van der Waals surface area contributed by atoms with E-state index >= 15 is 0 Å². The average Bonchev–Trinajstić information content (AvgIpc) is 2.39. The van der Waals surface area contributed by atoms with E-state index in [-0.39, 0.29) is 12.1 Å². The third-order valence-corrected chi connectivity index (χ3v) is 2.12. The lowest BCUT2D eigenvalue weighted by Gasteiger charge is -2.29. The summed E-state index contributed by atoms with van der Waals surface area (Å²) in [6.45, 7) is 13.5. The second-order valence-electron chi connectivity index (χ2n) is 5.04. The molecule has 0 aromatic rings. The molecule has 1 heterocycles. The van der Waals surface area contributed by atoms with Gasteiger partial charge >= 0.3 is 12.1 Å². The van der Waals surface area contributed by atoms with Crippen molar-refractivity contribution < 1.29 is 23.8 Å². The molecule has 1 rings (SSSR count). The highest BCUT2D eigenvalue weighted by atomic mass is 16.6. The zero-order chi connectivity index (χ0) is 15.6. The predicted molar refractivity (Wildman–Crippen MR) is 75.5 cm³/mol. The van der Waals surface area contributed by atoms with Crippen molar-refractivity contribution in [3.8, 4) is 0 Å². The third-order valence-electron chi connectivity index (χ3n) is 2.12. The van der Waals surface area contributed by atoms with E-state index in [0.29, 0.717) is 32.9 Å². The summed E-state index contributed by atoms with van der Waals surface area (Å²) in [6, 6.07) is 0. The third kappa shape index (κ3) is 9.38. The van der Waals surface area contributed by atoms with Gasteiger partial charge in [0, 0.05) is 19.2 Å². The molecule has 1 aliphatic heterocycles. The molecule has 6 heteroatoms. The number of hydrogen-bond donors (Lipinski definition) is 0. The van der Waals surface area contributed by atoms with Crippen LogP contribution in [-0.4, -0.2) is 55.5 Å². The molecule has 0 spiro atoms. The van der Waals surface area contributed by atoms with E-state index in [0.717, 1.165) is 6.08 Å². The van der Waals surface area contributed by atoms with Crippen LogP contribution in [-0.2, 0) is 19.0 Å². The molecule has 0 radical (unpaired) electrons. The van der Waals surface area contributed by atoms with Crippen molar-refractivity contribution in [3.63, 3.8) is 0 Å². The van der Waals surface area contributed by atoms with E-state index in [2.05, 4.69) is 11.3 Å². The van der Waals surface area contributed by atoms with Crippen molar-refractivity contribution >= 4 is 12.1 Å². The minimum atomic E-state index is -0.407. The zero-order valence-corrected chi connectivity index (χ0v) is 12.8. The van der Waals surface area contributed by atoms with E-state index in [1.165, 1.54) is 0 Å². The lowest BCUT2D eigenvalue weighted by atomic mass is 10.2. The van der Waals surface area contributed by atoms with Gasteiger partial charge in [0.05, 0.1) is 19.8 Å². The molecule has 1 fully saturated rings. The Bertz CT molecular complexity index is 316. The van der Waals surface area contributed by atoms with Gasteiger partial charge in [-0.3, -0.25) is 0 Å². The fourth-order valence-electron chi connectivity index (χ4n) is 1.27. The van der Waals surface area contributed by atoms with Gasteiger partial charge in [-0.15, -0.1) is 0 Å². The smallest absolute Gasteiger partial charge is 0.410 e. The molecule has 0 atom stereocenters. The van der Waals surface area contributed by atoms with Crippen LogP contribution < -0.4 is 0 Å². The van der Waals surface area contributed by atoms with Crippen molar-refractivity contribution in [2.24, 2.45) is 0 Å². The molecule has 1 aliphatic rings. The van der Waals surface area contributed by atoms with Crippen LogP contribution in [0.1, 0.15) is 27.7 Å². The molecule has 1 saturated heterocycles. The normalized spacial score (nSPS) is 14.7. The summed E-state index contributed by atoms with van der Waals surface area (Å²) < 4.78 is 14.8. The van der Waals surface area contributed by atoms with Gasteiger partial charge in [0.2, 0.25) is 0 Å². The minimum absolute atomic E-state index is 0.240. The molecular formula is C14H25NO5. The van der Waals surface area contributed by atoms with Crippen LogP contribution in [0.4, 0.5) is 4.79 Å². The largest absolute Gasteiger partial charge is 0.463 e. The number of amides is 1. The highest BCUT2D eigenvalue weighted by molar-refractivity contribution is 5.81. The van der Waals surface area contributed by atoms with Crippen molar-refractivity contribution in [2.75, 3.05) is 32.9 Å². The van der Waals surface area contributed by atoms with Gasteiger partial charge < -0.3 is 19.1 Å². The average molecular weight is 287 g/mol. The SMILES string of the molecule is C=CC(=O)OCC.CC(C)(C)OC(=O)N1CCOCC1. The standard InChI is InChI=1S/C9H17NO3.C5H8O2/c1-9(2,3)13-8(11)10-4-6-12-7-5-10;1-3-5(6)7-4-2/h4-7H2,1-3H3;3H,1,4H2,2H3. The first kappa shape index (κ1) is 18.4. The van der Waals surface area contributed by atoms with E-state index in [4.69, 9.17) is 9.47 Å². The Morgan fingerprint density at radius 2 is 1.85 bits per heavy atom. The van der Waals surface area contributed by atoms with Gasteiger partial charge in [-0.05, 0) is 27.7 Å². The second-order valence-corrected chi connectivity index (χ2v) is 5.04. The molecule has 0 aliphatic carbocycles. The maximum atomic E-state index is 11.5. The van der Waals surface area contributed by atoms with Gasteiger partial charge in [-0.2, -0.15) is 0 Å². The summed E-state index contributed by atoms with van der Waals surface area (Å²) in [5.41, 5.74) is -0.407. The van der Waals surface area contributed by atoms with Gasteiger partial charge in [0.25, 0.3) is 0 Å². The molecule has 0 bridgehead atoms. The van der Waals surface area contributed by atoms with Crippen LogP contribution in [0.5, 0.6) is 0 Å². The van der Waals surface area contributed by atoms with E-state index in [9.17, 15) is 9.59 Å². The van der Waals surface area contributed by atoms with Gasteiger partial charge in [0.1, 0.15) is 5.60 Å². The first-order chi connectivity index (χ1) is 9.30. The Hall–Kier alpha value is -1.56. The Kier molecular flexibility index (Phi) is 8.63.